The number of benzene rings is 1. The molecule has 1 atom stereocenters. The average molecular weight is 270 g/mol. The summed E-state index contributed by atoms with van der Waals surface area (Å²) in [6.45, 7) is 7.03. The number of nitrogens with one attached hydrogen (secondary N) is 1. The van der Waals surface area contributed by atoms with Crippen LogP contribution in [0.1, 0.15) is 37.4 Å². The summed E-state index contributed by atoms with van der Waals surface area (Å²) in [7, 11) is 0. The molecule has 20 heavy (non-hydrogen) atoms. The summed E-state index contributed by atoms with van der Waals surface area (Å²) in [4.78, 5) is 4.38. The molecule has 1 aromatic carbocycles. The first-order chi connectivity index (χ1) is 9.70. The van der Waals surface area contributed by atoms with Crippen molar-refractivity contribution in [1.82, 2.24) is 4.98 Å². The van der Waals surface area contributed by atoms with Gasteiger partial charge < -0.3 is 10.1 Å². The second-order valence-corrected chi connectivity index (χ2v) is 4.98. The normalized spacial score (nSPS) is 11.9. The number of aromatic nitrogens is 1. The highest BCUT2D eigenvalue weighted by Crippen LogP contribution is 2.26. The van der Waals surface area contributed by atoms with Crippen LogP contribution in [-0.4, -0.2) is 11.6 Å². The van der Waals surface area contributed by atoms with Crippen LogP contribution in [0.4, 0.5) is 5.82 Å². The highest BCUT2D eigenvalue weighted by Gasteiger charge is 2.09. The second-order valence-electron chi connectivity index (χ2n) is 4.98. The van der Waals surface area contributed by atoms with Gasteiger partial charge in [-0.15, -0.1) is 0 Å². The summed E-state index contributed by atoms with van der Waals surface area (Å²) in [6, 6.07) is 12.6. The lowest BCUT2D eigenvalue weighted by Gasteiger charge is -2.17. The SMILES string of the molecule is CCCOc1cccnc1NC(C)c1ccc(C)cc1. The summed E-state index contributed by atoms with van der Waals surface area (Å²) < 4.78 is 5.72. The number of hydrogen-bond acceptors (Lipinski definition) is 3. The number of pyridine rings is 1. The molecule has 0 aliphatic carbocycles. The summed E-state index contributed by atoms with van der Waals surface area (Å²) in [5, 5.41) is 3.42. The molecule has 3 nitrogen and oxygen atoms in total. The molecule has 0 amide bonds. The minimum Gasteiger partial charge on any atom is -0.490 e. The summed E-state index contributed by atoms with van der Waals surface area (Å²) in [5.41, 5.74) is 2.51. The second kappa shape index (κ2) is 6.94. The van der Waals surface area contributed by atoms with Gasteiger partial charge in [0.05, 0.1) is 12.6 Å². The average Bonchev–Trinajstić information content (AvgIpc) is 2.47. The quantitative estimate of drug-likeness (QED) is 0.847. The number of ether oxygens (including phenoxy) is 1. The number of rotatable bonds is 6. The maximum absolute atomic E-state index is 5.72. The Hall–Kier alpha value is -2.03. The van der Waals surface area contributed by atoms with E-state index in [4.69, 9.17) is 4.74 Å². The van der Waals surface area contributed by atoms with E-state index in [0.29, 0.717) is 6.61 Å². The fraction of sp³-hybridized carbons (Fsp3) is 0.353. The van der Waals surface area contributed by atoms with Gasteiger partial charge in [0.15, 0.2) is 11.6 Å². The molecule has 0 aliphatic rings. The first-order valence-corrected chi connectivity index (χ1v) is 7.11. The summed E-state index contributed by atoms with van der Waals surface area (Å²) >= 11 is 0. The first kappa shape index (κ1) is 14.4. The summed E-state index contributed by atoms with van der Waals surface area (Å²) in [6.07, 6.45) is 2.77. The Balaban J connectivity index is 2.10. The van der Waals surface area contributed by atoms with Crippen LogP contribution >= 0.6 is 0 Å². The third-order valence-electron chi connectivity index (χ3n) is 3.16. The molecular formula is C17H22N2O. The third-order valence-corrected chi connectivity index (χ3v) is 3.16. The standard InChI is InChI=1S/C17H22N2O/c1-4-12-20-16-6-5-11-18-17(16)19-14(3)15-9-7-13(2)8-10-15/h5-11,14H,4,12H2,1-3H3,(H,18,19). The van der Waals surface area contributed by atoms with Gasteiger partial charge in [0.25, 0.3) is 0 Å². The van der Waals surface area contributed by atoms with Gasteiger partial charge in [0, 0.05) is 6.20 Å². The highest BCUT2D eigenvalue weighted by atomic mass is 16.5. The maximum atomic E-state index is 5.72. The maximum Gasteiger partial charge on any atom is 0.169 e. The van der Waals surface area contributed by atoms with Crippen LogP contribution in [-0.2, 0) is 0 Å². The molecule has 1 aromatic heterocycles. The zero-order valence-electron chi connectivity index (χ0n) is 12.4. The van der Waals surface area contributed by atoms with Crippen LogP contribution in [0.25, 0.3) is 0 Å². The zero-order chi connectivity index (χ0) is 14.4. The van der Waals surface area contributed by atoms with Gasteiger partial charge in [-0.05, 0) is 38.0 Å². The van der Waals surface area contributed by atoms with E-state index < -0.39 is 0 Å². The van der Waals surface area contributed by atoms with Gasteiger partial charge in [0.1, 0.15) is 0 Å². The Kier molecular flexibility index (Phi) is 4.99. The van der Waals surface area contributed by atoms with Crippen LogP contribution in [0.5, 0.6) is 5.75 Å². The Labute approximate surface area is 121 Å². The lowest BCUT2D eigenvalue weighted by atomic mass is 10.1. The molecule has 106 valence electrons. The van der Waals surface area contributed by atoms with Crippen LogP contribution < -0.4 is 10.1 Å². The van der Waals surface area contributed by atoms with Gasteiger partial charge in [0.2, 0.25) is 0 Å². The van der Waals surface area contributed by atoms with E-state index in [1.807, 2.05) is 12.1 Å². The Bertz CT molecular complexity index is 537. The van der Waals surface area contributed by atoms with Crippen molar-refractivity contribution in [2.24, 2.45) is 0 Å². The van der Waals surface area contributed by atoms with Gasteiger partial charge >= 0.3 is 0 Å². The van der Waals surface area contributed by atoms with Crippen molar-refractivity contribution < 1.29 is 4.74 Å². The number of nitrogens with zero attached hydrogens (tertiary/aromatic N) is 1. The van der Waals surface area contributed by atoms with Gasteiger partial charge in [-0.3, -0.25) is 0 Å². The van der Waals surface area contributed by atoms with Gasteiger partial charge in [-0.25, -0.2) is 4.98 Å². The van der Waals surface area contributed by atoms with Gasteiger partial charge in [-0.2, -0.15) is 0 Å². The lowest BCUT2D eigenvalue weighted by Crippen LogP contribution is -2.09. The minimum absolute atomic E-state index is 0.189. The molecule has 0 fully saturated rings. The Morgan fingerprint density at radius 3 is 2.65 bits per heavy atom. The molecule has 1 heterocycles. The van der Waals surface area contributed by atoms with E-state index >= 15 is 0 Å². The molecule has 1 N–H and O–H groups in total. The monoisotopic (exact) mass is 270 g/mol. The number of aryl methyl sites for hydroxylation is 1. The van der Waals surface area contributed by atoms with Crippen molar-refractivity contribution in [2.75, 3.05) is 11.9 Å². The first-order valence-electron chi connectivity index (χ1n) is 7.11. The van der Waals surface area contributed by atoms with E-state index in [2.05, 4.69) is 55.3 Å². The molecule has 3 heteroatoms. The van der Waals surface area contributed by atoms with E-state index in [-0.39, 0.29) is 6.04 Å². The van der Waals surface area contributed by atoms with Crippen molar-refractivity contribution in [2.45, 2.75) is 33.2 Å². The number of hydrogen-bond donors (Lipinski definition) is 1. The molecule has 0 bridgehead atoms. The van der Waals surface area contributed by atoms with E-state index in [9.17, 15) is 0 Å². The summed E-state index contributed by atoms with van der Waals surface area (Å²) in [5.74, 6) is 1.61. The van der Waals surface area contributed by atoms with Crippen LogP contribution in [0.15, 0.2) is 42.6 Å². The topological polar surface area (TPSA) is 34.1 Å². The molecular weight excluding hydrogens is 248 g/mol. The van der Waals surface area contributed by atoms with Crippen molar-refractivity contribution >= 4 is 5.82 Å². The molecule has 0 spiro atoms. The number of anilines is 1. The minimum atomic E-state index is 0.189. The predicted molar refractivity (Wildman–Crippen MR) is 83.2 cm³/mol. The Morgan fingerprint density at radius 1 is 1.20 bits per heavy atom. The van der Waals surface area contributed by atoms with Crippen molar-refractivity contribution in [1.29, 1.82) is 0 Å². The largest absolute Gasteiger partial charge is 0.490 e. The van der Waals surface area contributed by atoms with Crippen LogP contribution in [0, 0.1) is 6.92 Å². The predicted octanol–water partition coefficient (Wildman–Crippen LogP) is 4.35. The molecule has 0 saturated carbocycles. The van der Waals surface area contributed by atoms with Crippen molar-refractivity contribution in [3.63, 3.8) is 0 Å². The van der Waals surface area contributed by atoms with Crippen molar-refractivity contribution in [3.05, 3.63) is 53.7 Å². The van der Waals surface area contributed by atoms with Crippen LogP contribution in [0.2, 0.25) is 0 Å². The molecule has 0 radical (unpaired) electrons. The molecule has 2 rings (SSSR count). The van der Waals surface area contributed by atoms with E-state index in [1.54, 1.807) is 6.20 Å². The van der Waals surface area contributed by atoms with E-state index in [1.165, 1.54) is 11.1 Å². The van der Waals surface area contributed by atoms with E-state index in [0.717, 1.165) is 18.0 Å². The Morgan fingerprint density at radius 2 is 1.95 bits per heavy atom. The fourth-order valence-corrected chi connectivity index (χ4v) is 1.97. The smallest absolute Gasteiger partial charge is 0.169 e. The third kappa shape index (κ3) is 3.73. The lowest BCUT2D eigenvalue weighted by molar-refractivity contribution is 0.317. The van der Waals surface area contributed by atoms with Crippen LogP contribution in [0.3, 0.4) is 0 Å². The zero-order valence-corrected chi connectivity index (χ0v) is 12.4. The fourth-order valence-electron chi connectivity index (χ4n) is 1.97. The van der Waals surface area contributed by atoms with Crippen molar-refractivity contribution in [3.8, 4) is 5.75 Å². The molecule has 2 aromatic rings. The molecule has 1 unspecified atom stereocenters. The molecule has 0 aliphatic heterocycles. The highest BCUT2D eigenvalue weighted by molar-refractivity contribution is 5.51. The molecule has 0 saturated heterocycles. The van der Waals surface area contributed by atoms with Gasteiger partial charge in [-0.1, -0.05) is 36.8 Å².